The Morgan fingerprint density at radius 3 is 1.32 bits per heavy atom. The highest BCUT2D eigenvalue weighted by Gasteiger charge is 2.46. The first-order valence-electron chi connectivity index (χ1n) is 31.0. The Labute approximate surface area is 495 Å². The number of benzene rings is 2. The van der Waals surface area contributed by atoms with Gasteiger partial charge < -0.3 is 41.9 Å². The molecule has 10 rings (SSSR count). The van der Waals surface area contributed by atoms with Crippen LogP contribution in [0.15, 0.2) is 73.8 Å². The van der Waals surface area contributed by atoms with Crippen LogP contribution in [0.3, 0.4) is 0 Å². The third kappa shape index (κ3) is 17.3. The standard InChI is InChI=1S/C31H46ClN7O2.C31H45ClN6O3/c32-25-8-6-23(7-9-25)18-28(37-27-12-10-26(11-13-27)35-19-29(33)40)30(41)38-16-14-31(15-17-38,20-39-22-34-21-36-39)24-4-2-1-3-5-24;32-25-8-6-23(7-9-25)18-28(35-26-10-12-27(13-11-26)36-29(40)19-39)30(41)37-16-14-31(15-17-37,20-38-22-33-21-34-38)24-4-2-1-3-5-24/h6-9,21-22,24,26-28,35,37H,1-5,10-20H2,(H2,33,40);6-9,21-22,24,26-28,35,39H,1-5,10-20H2,(H,36,40)/t2*26-,27+,28-/m11/s1. The van der Waals surface area contributed by atoms with E-state index >= 15 is 0 Å². The van der Waals surface area contributed by atoms with E-state index in [2.05, 4.69) is 51.2 Å². The second-order valence-electron chi connectivity index (χ2n) is 25.0. The summed E-state index contributed by atoms with van der Waals surface area (Å²) in [6, 6.07) is 15.9. The van der Waals surface area contributed by atoms with Crippen molar-refractivity contribution >= 4 is 46.8 Å². The number of nitrogens with two attached hydrogens (primary N) is 1. The number of piperidine rings is 2. The summed E-state index contributed by atoms with van der Waals surface area (Å²) in [6.07, 6.45) is 32.4. The van der Waals surface area contributed by atoms with Gasteiger partial charge in [-0.1, -0.05) is 86.0 Å². The molecule has 2 aromatic carbocycles. The zero-order valence-corrected chi connectivity index (χ0v) is 49.7. The first-order valence-corrected chi connectivity index (χ1v) is 31.7. The molecule has 0 unspecified atom stereocenters. The summed E-state index contributed by atoms with van der Waals surface area (Å²) in [5, 5.41) is 33.0. The number of halogens is 2. The lowest BCUT2D eigenvalue weighted by Crippen LogP contribution is -2.56. The number of aliphatic hydroxyl groups is 1. The molecule has 0 spiro atoms. The second kappa shape index (κ2) is 30.2. The molecule has 2 atom stereocenters. The van der Waals surface area contributed by atoms with E-state index in [0.717, 1.165) is 127 Å². The molecule has 2 aromatic heterocycles. The molecule has 0 bridgehead atoms. The van der Waals surface area contributed by atoms with Crippen LogP contribution >= 0.6 is 23.2 Å². The molecule has 18 nitrogen and oxygen atoms in total. The SMILES string of the molecule is NC(=O)CN[C@H]1CC[C@@H](N[C@H](Cc2ccc(Cl)cc2)C(=O)N2CCC(Cn3cncn3)(C3CCCCC3)CC2)CC1.O=C(CO)N[C@H]1CC[C@@H](N[C@H](Cc2ccc(Cl)cc2)C(=O)N2CCC(Cn3cncn3)(C3CCCCC3)CC2)CC1. The van der Waals surface area contributed by atoms with Gasteiger partial charge in [0.05, 0.1) is 18.6 Å². The average Bonchev–Trinajstić information content (AvgIpc) is 4.35. The maximum atomic E-state index is 14.1. The van der Waals surface area contributed by atoms with Crippen molar-refractivity contribution in [3.05, 3.63) is 95.0 Å². The Morgan fingerprint density at radius 1 is 0.561 bits per heavy atom. The zero-order chi connectivity index (χ0) is 57.3. The monoisotopic (exact) mass is 1170 g/mol. The van der Waals surface area contributed by atoms with Gasteiger partial charge in [-0.05, 0) is 174 Å². The highest BCUT2D eigenvalue weighted by molar-refractivity contribution is 6.30. The zero-order valence-electron chi connectivity index (χ0n) is 48.2. The molecule has 6 fully saturated rings. The minimum Gasteiger partial charge on any atom is -0.387 e. The minimum absolute atomic E-state index is 0.0816. The van der Waals surface area contributed by atoms with Crippen LogP contribution in [0.2, 0.25) is 10.0 Å². The highest BCUT2D eigenvalue weighted by atomic mass is 35.5. The maximum absolute atomic E-state index is 14.1. The number of amides is 4. The molecule has 4 aromatic rings. The van der Waals surface area contributed by atoms with Crippen LogP contribution in [0, 0.1) is 22.7 Å². The minimum atomic E-state index is -0.480. The summed E-state index contributed by atoms with van der Waals surface area (Å²) in [5.41, 5.74) is 7.83. The first kappa shape index (κ1) is 61.6. The molecule has 2 saturated heterocycles. The number of nitrogens with one attached hydrogen (secondary N) is 4. The summed E-state index contributed by atoms with van der Waals surface area (Å²) in [6.45, 7) is 4.60. The normalized spacial score (nSPS) is 24.1. The fraction of sp³-hybridized carbons (Fsp3) is 0.677. The van der Waals surface area contributed by atoms with Crippen molar-refractivity contribution in [2.45, 2.75) is 203 Å². The van der Waals surface area contributed by atoms with Crippen LogP contribution in [-0.2, 0) is 45.1 Å². The number of nitrogens with zero attached hydrogens (tertiary/aromatic N) is 8. The fourth-order valence-corrected chi connectivity index (χ4v) is 15.2. The van der Waals surface area contributed by atoms with Crippen molar-refractivity contribution < 1.29 is 24.3 Å². The molecular weight excluding hydrogens is 1080 g/mol. The molecule has 4 amide bonds. The number of primary amides is 1. The van der Waals surface area contributed by atoms with E-state index in [1.54, 1.807) is 12.7 Å². The number of aromatic nitrogens is 6. The quantitative estimate of drug-likeness (QED) is 0.0478. The Balaban J connectivity index is 0.000000198. The van der Waals surface area contributed by atoms with Crippen LogP contribution in [-0.4, -0.2) is 144 Å². The third-order valence-electron chi connectivity index (χ3n) is 19.7. The molecule has 82 heavy (non-hydrogen) atoms. The van der Waals surface area contributed by atoms with Crippen LogP contribution in [0.1, 0.15) is 152 Å². The fourth-order valence-electron chi connectivity index (χ4n) is 15.0. The van der Waals surface area contributed by atoms with Gasteiger partial charge in [0.2, 0.25) is 23.6 Å². The van der Waals surface area contributed by atoms with Crippen LogP contribution < -0.4 is 27.0 Å². The Kier molecular flexibility index (Phi) is 22.7. The Morgan fingerprint density at radius 2 is 0.951 bits per heavy atom. The predicted octanol–water partition coefficient (Wildman–Crippen LogP) is 7.45. The van der Waals surface area contributed by atoms with Gasteiger partial charge in [-0.3, -0.25) is 28.5 Å². The lowest BCUT2D eigenvalue weighted by molar-refractivity contribution is -0.138. The third-order valence-corrected chi connectivity index (χ3v) is 20.2. The number of hydrogen-bond donors (Lipinski definition) is 6. The van der Waals surface area contributed by atoms with Crippen molar-refractivity contribution in [2.75, 3.05) is 39.3 Å². The second-order valence-corrected chi connectivity index (χ2v) is 25.9. The lowest BCUT2D eigenvalue weighted by Gasteiger charge is -2.48. The Hall–Kier alpha value is -4.98. The van der Waals surface area contributed by atoms with Crippen LogP contribution in [0.25, 0.3) is 0 Å². The van der Waals surface area contributed by atoms with E-state index in [1.165, 1.54) is 64.2 Å². The van der Waals surface area contributed by atoms with Crippen molar-refractivity contribution in [3.63, 3.8) is 0 Å². The predicted molar refractivity (Wildman–Crippen MR) is 318 cm³/mol. The molecule has 2 aliphatic heterocycles. The summed E-state index contributed by atoms with van der Waals surface area (Å²) in [7, 11) is 0. The average molecular weight is 1170 g/mol. The van der Waals surface area contributed by atoms with Crippen molar-refractivity contribution in [1.82, 2.24) is 60.6 Å². The van der Waals surface area contributed by atoms with Gasteiger partial charge in [0.15, 0.2) is 0 Å². The molecule has 448 valence electrons. The van der Waals surface area contributed by atoms with Gasteiger partial charge >= 0.3 is 0 Å². The molecular formula is C62H91Cl2N13O5. The molecule has 6 aliphatic rings. The molecule has 20 heteroatoms. The van der Waals surface area contributed by atoms with Gasteiger partial charge in [0, 0.05) is 73.5 Å². The van der Waals surface area contributed by atoms with Gasteiger partial charge in [0.25, 0.3) is 0 Å². The molecule has 7 N–H and O–H groups in total. The molecule has 4 heterocycles. The van der Waals surface area contributed by atoms with E-state index < -0.39 is 6.61 Å². The topological polar surface area (TPSA) is 231 Å². The van der Waals surface area contributed by atoms with Crippen LogP contribution in [0.5, 0.6) is 0 Å². The van der Waals surface area contributed by atoms with E-state index in [9.17, 15) is 19.2 Å². The van der Waals surface area contributed by atoms with Crippen molar-refractivity contribution in [1.29, 1.82) is 0 Å². The maximum Gasteiger partial charge on any atom is 0.245 e. The van der Waals surface area contributed by atoms with Gasteiger partial charge in [-0.25, -0.2) is 9.97 Å². The smallest absolute Gasteiger partial charge is 0.245 e. The van der Waals surface area contributed by atoms with E-state index in [1.807, 2.05) is 70.5 Å². The van der Waals surface area contributed by atoms with Gasteiger partial charge in [-0.2, -0.15) is 10.2 Å². The summed E-state index contributed by atoms with van der Waals surface area (Å²) in [4.78, 5) is 63.6. The van der Waals surface area contributed by atoms with Gasteiger partial charge in [0.1, 0.15) is 31.9 Å². The molecule has 4 saturated carbocycles. The number of rotatable bonds is 21. The largest absolute Gasteiger partial charge is 0.387 e. The summed E-state index contributed by atoms with van der Waals surface area (Å²) < 4.78 is 4.00. The molecule has 4 aliphatic carbocycles. The van der Waals surface area contributed by atoms with Crippen LogP contribution in [0.4, 0.5) is 0 Å². The van der Waals surface area contributed by atoms with Crippen molar-refractivity contribution in [2.24, 2.45) is 28.4 Å². The Bertz CT molecular complexity index is 2570. The first-order chi connectivity index (χ1) is 39.8. The van der Waals surface area contributed by atoms with E-state index in [-0.39, 0.29) is 71.2 Å². The number of likely N-dealkylation sites (tertiary alicyclic amines) is 2. The summed E-state index contributed by atoms with van der Waals surface area (Å²) >= 11 is 12.3. The lowest BCUT2D eigenvalue weighted by atomic mass is 9.63. The van der Waals surface area contributed by atoms with Crippen molar-refractivity contribution in [3.8, 4) is 0 Å². The van der Waals surface area contributed by atoms with E-state index in [4.69, 9.17) is 34.0 Å². The number of aliphatic hydroxyl groups excluding tert-OH is 1. The van der Waals surface area contributed by atoms with Gasteiger partial charge in [-0.15, -0.1) is 0 Å². The molecule has 0 radical (unpaired) electrons. The highest BCUT2D eigenvalue weighted by Crippen LogP contribution is 2.48. The number of hydrogen-bond acceptors (Lipinski definition) is 12. The van der Waals surface area contributed by atoms with E-state index in [0.29, 0.717) is 40.8 Å². The number of carbonyl (C=O) groups is 4. The number of carbonyl (C=O) groups excluding carboxylic acids is 4. The summed E-state index contributed by atoms with van der Waals surface area (Å²) in [5.74, 6) is 1.08.